The fourth-order valence-corrected chi connectivity index (χ4v) is 8.50. The zero-order chi connectivity index (χ0) is 28.1. The second-order valence-corrected chi connectivity index (χ2v) is 13.5. The second kappa shape index (κ2) is 14.2. The highest BCUT2D eigenvalue weighted by Gasteiger charge is 2.49. The minimum atomic E-state index is -1.01. The maximum Gasteiger partial charge on any atom is 0.315 e. The first-order valence-electron chi connectivity index (χ1n) is 15.8. The fourth-order valence-electron chi connectivity index (χ4n) is 8.28. The number of Topliss-reactive ketones (excluding diaryl/α,β-unsaturated/α-hetero) is 2. The molecule has 0 amide bonds. The van der Waals surface area contributed by atoms with Crippen molar-refractivity contribution in [3.05, 3.63) is 0 Å². The molecule has 4 atom stereocenters. The zero-order valence-corrected chi connectivity index (χ0v) is 25.2. The van der Waals surface area contributed by atoms with Gasteiger partial charge < -0.3 is 10.4 Å². The molecule has 4 fully saturated rings. The van der Waals surface area contributed by atoms with Crippen LogP contribution >= 0.6 is 11.6 Å². The summed E-state index contributed by atoms with van der Waals surface area (Å²) >= 11 is 6.05. The number of carbonyl (C=O) groups is 3. The minimum Gasteiger partial charge on any atom is -0.481 e. The van der Waals surface area contributed by atoms with Gasteiger partial charge in [-0.1, -0.05) is 6.92 Å². The van der Waals surface area contributed by atoms with Crippen molar-refractivity contribution in [1.29, 1.82) is 0 Å². The van der Waals surface area contributed by atoms with E-state index in [1.54, 1.807) is 0 Å². The monoisotopic (exact) mass is 565 g/mol. The van der Waals surface area contributed by atoms with Crippen molar-refractivity contribution in [3.63, 3.8) is 0 Å². The Morgan fingerprint density at radius 3 is 2.15 bits per heavy atom. The quantitative estimate of drug-likeness (QED) is 0.276. The molecule has 2 N–H and O–H groups in total. The number of carbonyl (C=O) groups excluding carboxylic acids is 2. The highest BCUT2D eigenvalue weighted by atomic mass is 35.5. The van der Waals surface area contributed by atoms with Gasteiger partial charge in [0.05, 0.1) is 0 Å². The first kappa shape index (κ1) is 30.9. The van der Waals surface area contributed by atoms with Crippen LogP contribution in [0.1, 0.15) is 97.8 Å². The third-order valence-electron chi connectivity index (χ3n) is 10.4. The first-order chi connectivity index (χ1) is 18.7. The molecule has 1 heterocycles. The molecule has 1 saturated heterocycles. The summed E-state index contributed by atoms with van der Waals surface area (Å²) in [5, 5.41) is 13.5. The van der Waals surface area contributed by atoms with Gasteiger partial charge in [0, 0.05) is 66.9 Å². The molecule has 7 nitrogen and oxygen atoms in total. The van der Waals surface area contributed by atoms with Crippen LogP contribution in [0.2, 0.25) is 0 Å². The van der Waals surface area contributed by atoms with Gasteiger partial charge in [-0.2, -0.15) is 0 Å². The summed E-state index contributed by atoms with van der Waals surface area (Å²) < 4.78 is 0. The minimum absolute atomic E-state index is 0.00150. The molecule has 222 valence electrons. The van der Waals surface area contributed by atoms with Crippen LogP contribution < -0.4 is 5.32 Å². The fraction of sp³-hybridized carbons (Fsp3) is 0.903. The predicted octanol–water partition coefficient (Wildman–Crippen LogP) is 4.74. The third-order valence-corrected chi connectivity index (χ3v) is 10.6. The van der Waals surface area contributed by atoms with E-state index in [9.17, 15) is 19.5 Å². The van der Waals surface area contributed by atoms with Crippen LogP contribution in [-0.2, 0) is 14.4 Å². The summed E-state index contributed by atoms with van der Waals surface area (Å²) in [6.07, 6.45) is 12.3. The number of fused-ring (bicyclic) bond motifs is 1. The van der Waals surface area contributed by atoms with E-state index in [-0.39, 0.29) is 42.2 Å². The van der Waals surface area contributed by atoms with Crippen LogP contribution in [0.3, 0.4) is 0 Å². The van der Waals surface area contributed by atoms with Crippen LogP contribution in [0.15, 0.2) is 0 Å². The summed E-state index contributed by atoms with van der Waals surface area (Å²) in [6, 6.07) is 1.94. The number of ketones is 2. The Balaban J connectivity index is 1.24. The summed E-state index contributed by atoms with van der Waals surface area (Å²) in [6.45, 7) is 8.79. The first-order valence-corrected chi connectivity index (χ1v) is 16.4. The largest absolute Gasteiger partial charge is 0.481 e. The van der Waals surface area contributed by atoms with Crippen molar-refractivity contribution < 1.29 is 19.5 Å². The Morgan fingerprint density at radius 2 is 1.59 bits per heavy atom. The molecule has 0 aromatic heterocycles. The van der Waals surface area contributed by atoms with Gasteiger partial charge in [-0.25, -0.2) is 0 Å². The van der Waals surface area contributed by atoms with Gasteiger partial charge >= 0.3 is 5.97 Å². The average Bonchev–Trinajstić information content (AvgIpc) is 2.93. The van der Waals surface area contributed by atoms with Crippen molar-refractivity contribution in [3.8, 4) is 0 Å². The molecule has 4 unspecified atom stereocenters. The van der Waals surface area contributed by atoms with Gasteiger partial charge in [0.25, 0.3) is 0 Å². The molecule has 4 rings (SSSR count). The Labute approximate surface area is 240 Å². The lowest BCUT2D eigenvalue weighted by Crippen LogP contribution is -2.60. The number of nitrogens with one attached hydrogen (secondary N) is 1. The number of carboxylic acid groups (broad SMARTS) is 1. The van der Waals surface area contributed by atoms with E-state index in [2.05, 4.69) is 35.9 Å². The Bertz CT molecular complexity index is 832. The number of nitrogens with zero attached hydrogens (tertiary/aromatic N) is 2. The van der Waals surface area contributed by atoms with E-state index in [4.69, 9.17) is 11.6 Å². The lowest BCUT2D eigenvalue weighted by molar-refractivity contribution is -0.156. The molecule has 4 aliphatic rings. The van der Waals surface area contributed by atoms with Gasteiger partial charge in [-0.05, 0) is 97.4 Å². The van der Waals surface area contributed by atoms with Crippen LogP contribution in [0, 0.1) is 23.7 Å². The number of alkyl halides is 1. The van der Waals surface area contributed by atoms with Crippen molar-refractivity contribution in [1.82, 2.24) is 15.1 Å². The molecule has 0 radical (unpaired) electrons. The maximum absolute atomic E-state index is 13.6. The molecule has 0 spiro atoms. The molecule has 0 aromatic carbocycles. The number of piperidine rings is 1. The number of hydrogen-bond donors (Lipinski definition) is 2. The summed E-state index contributed by atoms with van der Waals surface area (Å²) in [5.74, 6) is -1.05. The van der Waals surface area contributed by atoms with E-state index in [0.29, 0.717) is 42.6 Å². The SMILES string of the molecule is CCCN(CCCl)C1CCC(NC2CCC(C(=O)C3CCC4C(=O)C(C(=O)O)CN(C(C)C)C4C3)CC2)CC1. The molecule has 39 heavy (non-hydrogen) atoms. The van der Waals surface area contributed by atoms with E-state index in [0.717, 1.165) is 45.2 Å². The molecule has 8 heteroatoms. The van der Waals surface area contributed by atoms with Crippen molar-refractivity contribution >= 4 is 29.1 Å². The van der Waals surface area contributed by atoms with Crippen molar-refractivity contribution in [2.24, 2.45) is 23.7 Å². The molecular formula is C31H52ClN3O4. The number of likely N-dealkylation sites (tertiary alicyclic amines) is 1. The van der Waals surface area contributed by atoms with E-state index < -0.39 is 11.9 Å². The topological polar surface area (TPSA) is 90.0 Å². The normalized spacial score (nSPS) is 36.2. The van der Waals surface area contributed by atoms with E-state index >= 15 is 0 Å². The van der Waals surface area contributed by atoms with Gasteiger partial charge in [0.15, 0.2) is 5.78 Å². The Hall–Kier alpha value is -1.02. The second-order valence-electron chi connectivity index (χ2n) is 13.1. The van der Waals surface area contributed by atoms with Crippen LogP contribution in [0.4, 0.5) is 0 Å². The van der Waals surface area contributed by atoms with Crippen LogP contribution in [0.5, 0.6) is 0 Å². The van der Waals surface area contributed by atoms with Crippen molar-refractivity contribution in [2.45, 2.75) is 128 Å². The molecule has 3 aliphatic carbocycles. The molecule has 0 bridgehead atoms. The molecular weight excluding hydrogens is 514 g/mol. The molecule has 0 aromatic rings. The average molecular weight is 566 g/mol. The van der Waals surface area contributed by atoms with E-state index in [1.807, 2.05) is 0 Å². The highest BCUT2D eigenvalue weighted by molar-refractivity contribution is 6.18. The zero-order valence-electron chi connectivity index (χ0n) is 24.5. The molecule has 1 aliphatic heterocycles. The highest BCUT2D eigenvalue weighted by Crippen LogP contribution is 2.41. The van der Waals surface area contributed by atoms with Crippen LogP contribution in [-0.4, -0.2) is 88.2 Å². The van der Waals surface area contributed by atoms with Gasteiger partial charge in [0.2, 0.25) is 0 Å². The number of aliphatic carboxylic acids is 1. The van der Waals surface area contributed by atoms with Crippen molar-refractivity contribution in [2.75, 3.05) is 25.5 Å². The number of carboxylic acids is 1. The Kier molecular flexibility index (Phi) is 11.3. The summed E-state index contributed by atoms with van der Waals surface area (Å²) in [7, 11) is 0. The maximum atomic E-state index is 13.6. The molecule has 3 saturated carbocycles. The van der Waals surface area contributed by atoms with Gasteiger partial charge in [0.1, 0.15) is 11.7 Å². The summed E-state index contributed by atoms with van der Waals surface area (Å²) in [5.41, 5.74) is 0. The standard InChI is InChI=1S/C31H52ClN3O4/c1-4-16-34(17-15-32)25-12-10-24(11-13-25)33-23-8-5-21(6-9-23)29(36)22-7-14-26-28(18-22)35(20(2)3)19-27(30(26)37)31(38)39/h20-28,33H,4-19H2,1-3H3,(H,38,39). The van der Waals surface area contributed by atoms with Crippen LogP contribution in [0.25, 0.3) is 0 Å². The third kappa shape index (κ3) is 7.44. The number of halogens is 1. The lowest BCUT2D eigenvalue weighted by Gasteiger charge is -2.49. The smallest absolute Gasteiger partial charge is 0.315 e. The van der Waals surface area contributed by atoms with Gasteiger partial charge in [-0.3, -0.25) is 24.2 Å². The summed E-state index contributed by atoms with van der Waals surface area (Å²) in [4.78, 5) is 43.1. The van der Waals surface area contributed by atoms with E-state index in [1.165, 1.54) is 32.1 Å². The number of rotatable bonds is 11. The van der Waals surface area contributed by atoms with Gasteiger partial charge in [-0.15, -0.1) is 11.6 Å². The lowest BCUT2D eigenvalue weighted by atomic mass is 9.67. The predicted molar refractivity (Wildman–Crippen MR) is 155 cm³/mol. The number of hydrogen-bond acceptors (Lipinski definition) is 6. The Morgan fingerprint density at radius 1 is 0.974 bits per heavy atom.